The van der Waals surface area contributed by atoms with E-state index < -0.39 is 15.9 Å². The Kier molecular flexibility index (Phi) is 4.08. The number of sulfonamides is 1. The van der Waals surface area contributed by atoms with Crippen molar-refractivity contribution in [3.63, 3.8) is 0 Å². The van der Waals surface area contributed by atoms with E-state index in [1.807, 2.05) is 0 Å². The fourth-order valence-electron chi connectivity index (χ4n) is 2.01. The number of rotatable bonds is 1. The molecule has 1 amide bonds. The normalized spacial score (nSPS) is 15.2. The Hall–Kier alpha value is -2.72. The van der Waals surface area contributed by atoms with Gasteiger partial charge in [0.1, 0.15) is 10.6 Å². The van der Waals surface area contributed by atoms with Crippen molar-refractivity contribution < 1.29 is 13.2 Å². The van der Waals surface area contributed by atoms with Gasteiger partial charge in [-0.2, -0.15) is 8.42 Å². The number of amides is 1. The Bertz CT molecular complexity index is 932. The van der Waals surface area contributed by atoms with Crippen LogP contribution in [0.4, 0.5) is 5.69 Å². The number of fused-ring (bicyclic) bond motifs is 1. The Morgan fingerprint density at radius 1 is 1.29 bits per heavy atom. The molecule has 3 rings (SSSR count). The highest BCUT2D eigenvalue weighted by Crippen LogP contribution is 2.32. The van der Waals surface area contributed by atoms with Crippen LogP contribution in [0, 0.1) is 0 Å². The lowest BCUT2D eigenvalue weighted by atomic mass is 10.3. The van der Waals surface area contributed by atoms with Gasteiger partial charge in [-0.15, -0.1) is 4.40 Å². The topological polar surface area (TPSA) is 117 Å². The van der Waals surface area contributed by atoms with Gasteiger partial charge in [0.15, 0.2) is 0 Å². The maximum atomic E-state index is 12.2. The molecule has 1 aromatic carbocycles. The first kappa shape index (κ1) is 16.1. The third-order valence-electron chi connectivity index (χ3n) is 3.17. The molecule has 1 aliphatic heterocycles. The van der Waals surface area contributed by atoms with Crippen molar-refractivity contribution in [2.75, 3.05) is 11.9 Å². The van der Waals surface area contributed by atoms with Crippen molar-refractivity contribution in [1.29, 1.82) is 0 Å². The number of anilines is 1. The van der Waals surface area contributed by atoms with Gasteiger partial charge < -0.3 is 4.90 Å². The molecule has 2 N–H and O–H groups in total. The molecule has 0 radical (unpaired) electrons. The number of nitrogens with one attached hydrogen (secondary N) is 2. The molecule has 1 aromatic heterocycles. The molecular weight excluding hydrogens is 356 g/mol. The summed E-state index contributed by atoms with van der Waals surface area (Å²) in [5.41, 5.74) is 5.20. The number of carbonyl (C=O) groups is 1. The molecule has 11 heteroatoms. The van der Waals surface area contributed by atoms with Gasteiger partial charge in [0.2, 0.25) is 5.96 Å². The number of halogens is 1. The summed E-state index contributed by atoms with van der Waals surface area (Å²) < 4.78 is 28.1. The number of hydrogen-bond donors (Lipinski definition) is 2. The molecule has 1 aliphatic rings. The molecule has 0 bridgehead atoms. The second-order valence-electron chi connectivity index (χ2n) is 4.73. The fourth-order valence-corrected chi connectivity index (χ4v) is 3.37. The highest BCUT2D eigenvalue weighted by Gasteiger charge is 2.29. The predicted octanol–water partition coefficient (Wildman–Crippen LogP) is 0.559. The van der Waals surface area contributed by atoms with Gasteiger partial charge in [-0.3, -0.25) is 20.6 Å². The Morgan fingerprint density at radius 3 is 2.79 bits per heavy atom. The summed E-state index contributed by atoms with van der Waals surface area (Å²) in [6.07, 6.45) is 4.06. The van der Waals surface area contributed by atoms with E-state index in [1.54, 1.807) is 7.05 Å². The van der Waals surface area contributed by atoms with Crippen molar-refractivity contribution in [3.8, 4) is 0 Å². The summed E-state index contributed by atoms with van der Waals surface area (Å²) in [6.45, 7) is 0. The van der Waals surface area contributed by atoms with Crippen LogP contribution in [0.25, 0.3) is 0 Å². The monoisotopic (exact) mass is 366 g/mol. The molecule has 0 atom stereocenters. The molecule has 9 nitrogen and oxygen atoms in total. The van der Waals surface area contributed by atoms with Crippen LogP contribution in [-0.4, -0.2) is 37.3 Å². The van der Waals surface area contributed by atoms with E-state index >= 15 is 0 Å². The van der Waals surface area contributed by atoms with E-state index in [1.165, 1.54) is 41.7 Å². The van der Waals surface area contributed by atoms with E-state index in [9.17, 15) is 13.2 Å². The largest absolute Gasteiger partial charge is 0.312 e. The average molecular weight is 367 g/mol. The molecule has 0 aliphatic carbocycles. The Morgan fingerprint density at radius 2 is 2.08 bits per heavy atom. The van der Waals surface area contributed by atoms with Crippen molar-refractivity contribution in [2.45, 2.75) is 4.90 Å². The van der Waals surface area contributed by atoms with E-state index in [4.69, 9.17) is 11.6 Å². The summed E-state index contributed by atoms with van der Waals surface area (Å²) in [5, 5.41) is 0.376. The molecular formula is C13H11ClN6O3S. The number of benzene rings is 1. The fraction of sp³-hybridized carbons (Fsp3) is 0.0769. The van der Waals surface area contributed by atoms with Crippen molar-refractivity contribution in [2.24, 2.45) is 4.40 Å². The molecule has 124 valence electrons. The van der Waals surface area contributed by atoms with Gasteiger partial charge in [0, 0.05) is 24.5 Å². The predicted molar refractivity (Wildman–Crippen MR) is 87.1 cm³/mol. The van der Waals surface area contributed by atoms with Gasteiger partial charge in [0.25, 0.3) is 15.9 Å². The summed E-state index contributed by atoms with van der Waals surface area (Å²) in [4.78, 5) is 21.0. The Labute approximate surface area is 142 Å². The van der Waals surface area contributed by atoms with E-state index in [0.717, 1.165) is 0 Å². The second-order valence-corrected chi connectivity index (χ2v) is 6.74. The van der Waals surface area contributed by atoms with Crippen LogP contribution in [0.5, 0.6) is 0 Å². The number of carbonyl (C=O) groups excluding carboxylic acids is 1. The van der Waals surface area contributed by atoms with E-state index in [0.29, 0.717) is 10.7 Å². The zero-order valence-corrected chi connectivity index (χ0v) is 13.8. The van der Waals surface area contributed by atoms with Gasteiger partial charge >= 0.3 is 0 Å². The molecule has 0 fully saturated rings. The minimum Gasteiger partial charge on any atom is -0.312 e. The lowest BCUT2D eigenvalue weighted by Crippen LogP contribution is -2.50. The SMILES string of the molecule is CN1C(NNC(=O)c2cnccn2)=NS(=O)(=O)c2ccc(Cl)cc21. The van der Waals surface area contributed by atoms with Crippen LogP contribution in [0.3, 0.4) is 0 Å². The van der Waals surface area contributed by atoms with Crippen LogP contribution >= 0.6 is 11.6 Å². The minimum atomic E-state index is -3.91. The Balaban J connectivity index is 1.84. The molecule has 0 spiro atoms. The number of guanidine groups is 1. The smallest absolute Gasteiger partial charge is 0.289 e. The van der Waals surface area contributed by atoms with E-state index in [-0.39, 0.29) is 16.5 Å². The van der Waals surface area contributed by atoms with Crippen molar-refractivity contribution in [3.05, 3.63) is 47.5 Å². The molecule has 2 aromatic rings. The zero-order valence-electron chi connectivity index (χ0n) is 12.3. The molecule has 0 saturated carbocycles. The lowest BCUT2D eigenvalue weighted by Gasteiger charge is -2.27. The van der Waals surface area contributed by atoms with E-state index in [2.05, 4.69) is 25.2 Å². The maximum Gasteiger partial charge on any atom is 0.289 e. The third kappa shape index (κ3) is 3.01. The number of aromatic nitrogens is 2. The lowest BCUT2D eigenvalue weighted by molar-refractivity contribution is 0.0938. The maximum absolute atomic E-state index is 12.2. The minimum absolute atomic E-state index is 0.0280. The second kappa shape index (κ2) is 6.06. The summed E-state index contributed by atoms with van der Waals surface area (Å²) in [5.74, 6) is -0.671. The standard InChI is InChI=1S/C13H11ClN6O3S/c1-20-10-6-8(14)2-3-11(10)24(22,23)19-13(20)18-17-12(21)9-7-15-4-5-16-9/h2-7H,1H3,(H,17,21)(H,18,19). The van der Waals surface area contributed by atoms with Crippen LogP contribution in [0.2, 0.25) is 5.02 Å². The zero-order chi connectivity index (χ0) is 17.3. The van der Waals surface area contributed by atoms with Crippen LogP contribution < -0.4 is 15.8 Å². The third-order valence-corrected chi connectivity index (χ3v) is 4.72. The summed E-state index contributed by atoms with van der Waals surface area (Å²) >= 11 is 5.92. The summed E-state index contributed by atoms with van der Waals surface area (Å²) in [7, 11) is -2.32. The molecule has 2 heterocycles. The number of nitrogens with zero attached hydrogens (tertiary/aromatic N) is 4. The quantitative estimate of drug-likeness (QED) is 0.708. The first-order valence-corrected chi connectivity index (χ1v) is 8.41. The van der Waals surface area contributed by atoms with Gasteiger partial charge in [-0.1, -0.05) is 11.6 Å². The molecule has 24 heavy (non-hydrogen) atoms. The molecule has 0 saturated heterocycles. The van der Waals surface area contributed by atoms with Gasteiger partial charge in [-0.25, -0.2) is 4.98 Å². The first-order valence-electron chi connectivity index (χ1n) is 6.59. The van der Waals surface area contributed by atoms with Crippen LogP contribution in [0.1, 0.15) is 10.5 Å². The van der Waals surface area contributed by atoms with Crippen LogP contribution in [0.15, 0.2) is 46.1 Å². The number of hydrazine groups is 1. The molecule has 0 unspecified atom stereocenters. The summed E-state index contributed by atoms with van der Waals surface area (Å²) in [6, 6.07) is 4.34. The van der Waals surface area contributed by atoms with Crippen molar-refractivity contribution in [1.82, 2.24) is 20.8 Å². The van der Waals surface area contributed by atoms with Gasteiger partial charge in [0.05, 0.1) is 11.9 Å². The highest BCUT2D eigenvalue weighted by atomic mass is 35.5. The number of hydrogen-bond acceptors (Lipinski definition) is 7. The first-order chi connectivity index (χ1) is 11.4. The highest BCUT2D eigenvalue weighted by molar-refractivity contribution is 7.90. The van der Waals surface area contributed by atoms with Gasteiger partial charge in [-0.05, 0) is 18.2 Å². The van der Waals surface area contributed by atoms with Crippen molar-refractivity contribution >= 4 is 39.2 Å². The average Bonchev–Trinajstić information content (AvgIpc) is 2.57. The van der Waals surface area contributed by atoms with Crippen LogP contribution in [-0.2, 0) is 10.0 Å².